The summed E-state index contributed by atoms with van der Waals surface area (Å²) in [5.41, 5.74) is 0.607. The van der Waals surface area contributed by atoms with E-state index < -0.39 is 0 Å². The average molecular weight is 176 g/mol. The molecule has 2 bridgehead atoms. The molecule has 3 aliphatic rings. The van der Waals surface area contributed by atoms with Gasteiger partial charge in [-0.05, 0) is 29.6 Å². The van der Waals surface area contributed by atoms with Gasteiger partial charge in [0.15, 0.2) is 0 Å². The third-order valence-electron chi connectivity index (χ3n) is 4.79. The highest BCUT2D eigenvalue weighted by molar-refractivity contribution is 6.12. The first-order valence-corrected chi connectivity index (χ1v) is 5.83. The van der Waals surface area contributed by atoms with Crippen molar-refractivity contribution in [1.29, 1.82) is 0 Å². The van der Waals surface area contributed by atoms with E-state index in [-0.39, 0.29) is 0 Å². The van der Waals surface area contributed by atoms with Crippen molar-refractivity contribution in [3.63, 3.8) is 0 Å². The van der Waals surface area contributed by atoms with Crippen molar-refractivity contribution in [2.75, 3.05) is 0 Å². The Kier molecular flexibility index (Phi) is 2.24. The topological polar surface area (TPSA) is 0 Å². The van der Waals surface area contributed by atoms with E-state index in [4.69, 9.17) is 7.85 Å². The van der Waals surface area contributed by atoms with Gasteiger partial charge in [-0.3, -0.25) is 0 Å². The summed E-state index contributed by atoms with van der Waals surface area (Å²) in [7, 11) is 6.21. The fraction of sp³-hybridized carbons (Fsp3) is 1.00. The summed E-state index contributed by atoms with van der Waals surface area (Å²) in [4.78, 5) is 0. The number of hydrogen-bond acceptors (Lipinski definition) is 0. The Morgan fingerprint density at radius 3 is 2.54 bits per heavy atom. The molecule has 0 heterocycles. The second kappa shape index (κ2) is 3.03. The Morgan fingerprint density at radius 2 is 2.00 bits per heavy atom. The first kappa shape index (κ1) is 9.61. The fourth-order valence-electron chi connectivity index (χ4n) is 3.73. The van der Waals surface area contributed by atoms with Crippen molar-refractivity contribution in [3.8, 4) is 0 Å². The van der Waals surface area contributed by atoms with E-state index in [9.17, 15) is 0 Å². The first-order chi connectivity index (χ1) is 6.07. The lowest BCUT2D eigenvalue weighted by Crippen LogP contribution is -2.54. The minimum absolute atomic E-state index is 0.511. The van der Waals surface area contributed by atoms with Gasteiger partial charge in [0.25, 0.3) is 0 Å². The highest BCUT2D eigenvalue weighted by atomic mass is 14.6. The van der Waals surface area contributed by atoms with Gasteiger partial charge < -0.3 is 0 Å². The molecule has 13 heavy (non-hydrogen) atoms. The second-order valence-electron chi connectivity index (χ2n) is 5.71. The lowest BCUT2D eigenvalue weighted by molar-refractivity contribution is -0.106. The van der Waals surface area contributed by atoms with Crippen LogP contribution in [0.2, 0.25) is 5.82 Å². The van der Waals surface area contributed by atoms with E-state index in [0.29, 0.717) is 11.2 Å². The predicted molar refractivity (Wildman–Crippen MR) is 57.9 cm³/mol. The molecular weight excluding hydrogens is 155 g/mol. The molecule has 0 aromatic heterocycles. The zero-order valence-electron chi connectivity index (χ0n) is 9.22. The van der Waals surface area contributed by atoms with Crippen LogP contribution in [0.5, 0.6) is 0 Å². The zero-order chi connectivity index (χ0) is 9.64. The minimum atomic E-state index is 0.511. The Hall–Kier alpha value is 0.0649. The van der Waals surface area contributed by atoms with Crippen LogP contribution in [-0.4, -0.2) is 7.85 Å². The van der Waals surface area contributed by atoms with Gasteiger partial charge in [-0.1, -0.05) is 45.9 Å². The summed E-state index contributed by atoms with van der Waals surface area (Å²) in [6, 6.07) is 0. The van der Waals surface area contributed by atoms with Crippen molar-refractivity contribution in [3.05, 3.63) is 0 Å². The van der Waals surface area contributed by atoms with E-state index in [0.717, 1.165) is 17.8 Å². The number of fused-ring (bicyclic) bond motifs is 2. The number of rotatable bonds is 2. The predicted octanol–water partition coefficient (Wildman–Crippen LogP) is 3.43. The Balaban J connectivity index is 2.08. The van der Waals surface area contributed by atoms with Crippen LogP contribution in [-0.2, 0) is 0 Å². The van der Waals surface area contributed by atoms with Gasteiger partial charge in [-0.2, -0.15) is 0 Å². The van der Waals surface area contributed by atoms with Gasteiger partial charge >= 0.3 is 0 Å². The van der Waals surface area contributed by atoms with Crippen LogP contribution in [0.4, 0.5) is 0 Å². The molecular formula is C12H21B. The monoisotopic (exact) mass is 176 g/mol. The minimum Gasteiger partial charge on any atom is -0.0740 e. The molecule has 0 aliphatic heterocycles. The molecule has 0 N–H and O–H groups in total. The zero-order valence-corrected chi connectivity index (χ0v) is 9.22. The third-order valence-corrected chi connectivity index (χ3v) is 4.79. The van der Waals surface area contributed by atoms with E-state index in [1.165, 1.54) is 25.7 Å². The molecule has 3 saturated carbocycles. The molecule has 3 fully saturated rings. The summed E-state index contributed by atoms with van der Waals surface area (Å²) >= 11 is 0. The molecule has 3 rings (SSSR count). The van der Waals surface area contributed by atoms with E-state index in [1.807, 2.05) is 0 Å². The van der Waals surface area contributed by atoms with Crippen LogP contribution < -0.4 is 0 Å². The highest BCUT2D eigenvalue weighted by Crippen LogP contribution is 2.64. The lowest BCUT2D eigenvalue weighted by Gasteiger charge is -2.62. The molecule has 0 nitrogen and oxygen atoms in total. The lowest BCUT2D eigenvalue weighted by atomic mass is 9.40. The van der Waals surface area contributed by atoms with Crippen molar-refractivity contribution in [2.24, 2.45) is 23.2 Å². The molecule has 0 aromatic carbocycles. The number of hydrogen-bond donors (Lipinski definition) is 0. The third kappa shape index (κ3) is 1.27. The van der Waals surface area contributed by atoms with Crippen molar-refractivity contribution >= 4 is 7.85 Å². The van der Waals surface area contributed by atoms with Crippen molar-refractivity contribution < 1.29 is 0 Å². The summed E-state index contributed by atoms with van der Waals surface area (Å²) in [5.74, 6) is 3.20. The van der Waals surface area contributed by atoms with E-state index in [2.05, 4.69) is 20.8 Å². The molecule has 2 radical (unpaired) electrons. The maximum absolute atomic E-state index is 6.21. The van der Waals surface area contributed by atoms with Gasteiger partial charge in [-0.25, -0.2) is 0 Å². The summed E-state index contributed by atoms with van der Waals surface area (Å²) < 4.78 is 0. The van der Waals surface area contributed by atoms with Crippen molar-refractivity contribution in [2.45, 2.75) is 52.3 Å². The SMILES string of the molecule is [B][C@@H]1C[C@@H]2C[C@H](C1CCC)C2(C)C. The van der Waals surface area contributed by atoms with Crippen LogP contribution in [0.25, 0.3) is 0 Å². The maximum Gasteiger partial charge on any atom is 0.0703 e. The largest absolute Gasteiger partial charge is 0.0740 e. The van der Waals surface area contributed by atoms with Gasteiger partial charge in [0.05, 0.1) is 7.85 Å². The molecule has 0 aromatic rings. The van der Waals surface area contributed by atoms with Gasteiger partial charge in [0.2, 0.25) is 0 Å². The van der Waals surface area contributed by atoms with Crippen LogP contribution in [0, 0.1) is 23.2 Å². The quantitative estimate of drug-likeness (QED) is 0.565. The van der Waals surface area contributed by atoms with Crippen molar-refractivity contribution in [1.82, 2.24) is 0 Å². The van der Waals surface area contributed by atoms with Crippen LogP contribution >= 0.6 is 0 Å². The molecule has 1 unspecified atom stereocenters. The summed E-state index contributed by atoms with van der Waals surface area (Å²) in [5, 5.41) is 0. The smallest absolute Gasteiger partial charge is 0.0703 e. The normalized spacial score (nSPS) is 47.0. The Bertz CT molecular complexity index is 197. The van der Waals surface area contributed by atoms with Gasteiger partial charge in [0, 0.05) is 0 Å². The van der Waals surface area contributed by atoms with Crippen LogP contribution in [0.15, 0.2) is 0 Å². The summed E-state index contributed by atoms with van der Waals surface area (Å²) in [6.45, 7) is 7.17. The Labute approximate surface area is 83.9 Å². The highest BCUT2D eigenvalue weighted by Gasteiger charge is 2.55. The molecule has 1 heteroatoms. The van der Waals surface area contributed by atoms with Gasteiger partial charge in [0.1, 0.15) is 0 Å². The molecule has 72 valence electrons. The molecule has 4 atom stereocenters. The second-order valence-corrected chi connectivity index (χ2v) is 5.71. The van der Waals surface area contributed by atoms with E-state index in [1.54, 1.807) is 0 Å². The molecule has 0 saturated heterocycles. The molecule has 0 amide bonds. The fourth-order valence-corrected chi connectivity index (χ4v) is 3.73. The molecule has 0 spiro atoms. The Morgan fingerprint density at radius 1 is 1.31 bits per heavy atom. The summed E-state index contributed by atoms with van der Waals surface area (Å²) in [6.07, 6.45) is 5.40. The van der Waals surface area contributed by atoms with E-state index >= 15 is 0 Å². The van der Waals surface area contributed by atoms with Gasteiger partial charge in [-0.15, -0.1) is 0 Å². The van der Waals surface area contributed by atoms with Crippen LogP contribution in [0.1, 0.15) is 46.5 Å². The maximum atomic E-state index is 6.21. The molecule has 3 aliphatic carbocycles. The standard InChI is InChI=1S/C12H21B/c1-4-5-9-10-6-8(7-11(9)13)12(10,2)3/h8-11H,4-7H2,1-3H3/t8-,9?,10+,11+/m0/s1. The first-order valence-electron chi connectivity index (χ1n) is 5.83. The van der Waals surface area contributed by atoms with Crippen LogP contribution in [0.3, 0.4) is 0 Å². The average Bonchev–Trinajstić information content (AvgIpc) is 2.08.